The minimum absolute atomic E-state index is 0. The third-order valence-electron chi connectivity index (χ3n) is 12.0. The Kier molecular flexibility index (Phi) is 6.66. The Bertz CT molecular complexity index is 564. The van der Waals surface area contributed by atoms with Crippen molar-refractivity contribution in [3.63, 3.8) is 0 Å². The maximum atomic E-state index is 2.79. The van der Waals surface area contributed by atoms with Gasteiger partial charge in [-0.3, -0.25) is 0 Å². The van der Waals surface area contributed by atoms with Crippen LogP contribution in [0.1, 0.15) is 127 Å². The van der Waals surface area contributed by atoms with Crippen molar-refractivity contribution in [3.05, 3.63) is 0 Å². The molecular weight excluding hydrogens is 348 g/mol. The van der Waals surface area contributed by atoms with Gasteiger partial charge in [0.25, 0.3) is 0 Å². The van der Waals surface area contributed by atoms with Crippen molar-refractivity contribution in [3.8, 4) is 0 Å². The molecule has 0 bridgehead atoms. The van der Waals surface area contributed by atoms with Crippen molar-refractivity contribution in [2.75, 3.05) is 0 Å². The van der Waals surface area contributed by atoms with E-state index in [-0.39, 0.29) is 7.43 Å². The molecule has 0 aliphatic heterocycles. The second-order valence-electron chi connectivity index (χ2n) is 12.6. The fourth-order valence-electron chi connectivity index (χ4n) is 10.4. The number of fused-ring (bicyclic) bond motifs is 7. The first-order valence-electron chi connectivity index (χ1n) is 13.3. The van der Waals surface area contributed by atoms with E-state index < -0.39 is 0 Å². The number of hydrogen-bond donors (Lipinski definition) is 0. The molecular formula is C29H54. The Hall–Kier alpha value is 0. The maximum Gasteiger partial charge on any atom is -0.0261 e. The molecule has 0 aromatic carbocycles. The summed E-state index contributed by atoms with van der Waals surface area (Å²) in [5, 5.41) is 0. The zero-order chi connectivity index (χ0) is 20.3. The Morgan fingerprint density at radius 2 is 1.24 bits per heavy atom. The quantitative estimate of drug-likeness (QED) is 0.378. The van der Waals surface area contributed by atoms with Crippen LogP contribution in [0.5, 0.6) is 0 Å². The van der Waals surface area contributed by atoms with Gasteiger partial charge in [-0.1, -0.05) is 62.3 Å². The third kappa shape index (κ3) is 3.28. The first-order chi connectivity index (χ1) is 13.3. The molecule has 0 amide bonds. The first-order valence-corrected chi connectivity index (χ1v) is 13.3. The Balaban J connectivity index is 0.000000778. The molecule has 170 valence electrons. The predicted octanol–water partition coefficient (Wildman–Crippen LogP) is 9.38. The van der Waals surface area contributed by atoms with Gasteiger partial charge in [-0.25, -0.2) is 0 Å². The lowest BCUT2D eigenvalue weighted by Crippen LogP contribution is -2.60. The standard InChI is InChI=1S/C26H44.C2H6.CH4/c1-17-10-15-25(4)20(18(17)2)12-16-26(5)22-11-14-24(3)13-6-7-21(24)19(22)8-9-23(25)26;1-2;/h17-23H,6-16H2,1-5H3;1-2H3;1H4. The van der Waals surface area contributed by atoms with E-state index in [4.69, 9.17) is 0 Å². The van der Waals surface area contributed by atoms with Crippen molar-refractivity contribution >= 4 is 0 Å². The molecule has 29 heavy (non-hydrogen) atoms. The zero-order valence-corrected chi connectivity index (χ0v) is 20.3. The van der Waals surface area contributed by atoms with Gasteiger partial charge in [-0.05, 0) is 122 Å². The van der Waals surface area contributed by atoms with Crippen LogP contribution in [0.15, 0.2) is 0 Å². The van der Waals surface area contributed by atoms with Crippen LogP contribution in [0.25, 0.3) is 0 Å². The highest BCUT2D eigenvalue weighted by molar-refractivity contribution is 5.12. The van der Waals surface area contributed by atoms with Crippen LogP contribution in [-0.2, 0) is 0 Å². The lowest BCUT2D eigenvalue weighted by molar-refractivity contribution is -0.186. The van der Waals surface area contributed by atoms with Crippen LogP contribution in [0.2, 0.25) is 0 Å². The summed E-state index contributed by atoms with van der Waals surface area (Å²) in [4.78, 5) is 0. The van der Waals surface area contributed by atoms with E-state index in [9.17, 15) is 0 Å². The molecule has 5 aliphatic rings. The van der Waals surface area contributed by atoms with Gasteiger partial charge in [0.2, 0.25) is 0 Å². The first kappa shape index (κ1) is 23.7. The van der Waals surface area contributed by atoms with Crippen LogP contribution in [0.3, 0.4) is 0 Å². The Morgan fingerprint density at radius 1 is 0.621 bits per heavy atom. The topological polar surface area (TPSA) is 0 Å². The molecule has 10 unspecified atom stereocenters. The lowest BCUT2D eigenvalue weighted by Gasteiger charge is -2.67. The summed E-state index contributed by atoms with van der Waals surface area (Å²) in [7, 11) is 0. The van der Waals surface area contributed by atoms with Crippen molar-refractivity contribution in [2.45, 2.75) is 127 Å². The molecule has 5 fully saturated rings. The molecule has 0 N–H and O–H groups in total. The van der Waals surface area contributed by atoms with Crippen molar-refractivity contribution < 1.29 is 0 Å². The molecule has 0 saturated heterocycles. The molecule has 0 aromatic heterocycles. The van der Waals surface area contributed by atoms with E-state index in [0.29, 0.717) is 10.8 Å². The largest absolute Gasteiger partial charge is 0.0776 e. The van der Waals surface area contributed by atoms with Crippen molar-refractivity contribution in [2.24, 2.45) is 57.7 Å². The van der Waals surface area contributed by atoms with Gasteiger partial charge >= 0.3 is 0 Å². The van der Waals surface area contributed by atoms with E-state index in [1.54, 1.807) is 44.9 Å². The molecule has 5 aliphatic carbocycles. The maximum absolute atomic E-state index is 2.79. The lowest BCUT2D eigenvalue weighted by atomic mass is 9.37. The highest BCUT2D eigenvalue weighted by Crippen LogP contribution is 2.71. The van der Waals surface area contributed by atoms with E-state index in [1.165, 1.54) is 25.7 Å². The van der Waals surface area contributed by atoms with E-state index in [1.807, 2.05) is 13.8 Å². The molecule has 5 saturated carbocycles. The average molecular weight is 403 g/mol. The molecule has 0 radical (unpaired) electrons. The third-order valence-corrected chi connectivity index (χ3v) is 12.0. The fraction of sp³-hybridized carbons (Fsp3) is 1.00. The summed E-state index contributed by atoms with van der Waals surface area (Å²) in [6.45, 7) is 17.3. The van der Waals surface area contributed by atoms with Gasteiger partial charge in [0, 0.05) is 0 Å². The number of hydrogen-bond acceptors (Lipinski definition) is 0. The van der Waals surface area contributed by atoms with Gasteiger partial charge in [-0.2, -0.15) is 0 Å². The predicted molar refractivity (Wildman–Crippen MR) is 129 cm³/mol. The van der Waals surface area contributed by atoms with Crippen molar-refractivity contribution in [1.82, 2.24) is 0 Å². The minimum atomic E-state index is 0. The zero-order valence-electron chi connectivity index (χ0n) is 20.3. The summed E-state index contributed by atoms with van der Waals surface area (Å²) >= 11 is 0. The van der Waals surface area contributed by atoms with Crippen LogP contribution in [0, 0.1) is 57.7 Å². The average Bonchev–Trinajstić information content (AvgIpc) is 3.08. The molecule has 0 heteroatoms. The summed E-state index contributed by atoms with van der Waals surface area (Å²) < 4.78 is 0. The molecule has 10 atom stereocenters. The molecule has 0 heterocycles. The fourth-order valence-corrected chi connectivity index (χ4v) is 10.4. The molecule has 0 aromatic rings. The number of rotatable bonds is 0. The van der Waals surface area contributed by atoms with Crippen LogP contribution >= 0.6 is 0 Å². The summed E-state index contributed by atoms with van der Waals surface area (Å²) in [6, 6.07) is 0. The highest BCUT2D eigenvalue weighted by atomic mass is 14.7. The SMILES string of the molecule is C.CC.CC1CCC2(C)C(CCC3(C)C4CCC5(C)CCCC5C4CCC23)C1C. The summed E-state index contributed by atoms with van der Waals surface area (Å²) in [6.07, 6.45) is 17.0. The summed E-state index contributed by atoms with van der Waals surface area (Å²) in [5.41, 5.74) is 2.04. The van der Waals surface area contributed by atoms with Gasteiger partial charge in [0.1, 0.15) is 0 Å². The van der Waals surface area contributed by atoms with Gasteiger partial charge in [0.05, 0.1) is 0 Å². The van der Waals surface area contributed by atoms with E-state index in [0.717, 1.165) is 46.8 Å². The minimum Gasteiger partial charge on any atom is -0.0776 e. The van der Waals surface area contributed by atoms with Crippen molar-refractivity contribution in [1.29, 1.82) is 0 Å². The van der Waals surface area contributed by atoms with E-state index in [2.05, 4.69) is 34.6 Å². The molecule has 0 spiro atoms. The second kappa shape index (κ2) is 8.16. The second-order valence-corrected chi connectivity index (χ2v) is 12.6. The van der Waals surface area contributed by atoms with Crippen LogP contribution in [-0.4, -0.2) is 0 Å². The van der Waals surface area contributed by atoms with Crippen LogP contribution < -0.4 is 0 Å². The molecule has 5 rings (SSSR count). The van der Waals surface area contributed by atoms with Crippen LogP contribution in [0.4, 0.5) is 0 Å². The summed E-state index contributed by atoms with van der Waals surface area (Å²) in [5.74, 6) is 7.18. The Labute approximate surface area is 184 Å². The van der Waals surface area contributed by atoms with Gasteiger partial charge in [0.15, 0.2) is 0 Å². The van der Waals surface area contributed by atoms with Gasteiger partial charge < -0.3 is 0 Å². The smallest absolute Gasteiger partial charge is 0.0261 e. The van der Waals surface area contributed by atoms with E-state index >= 15 is 0 Å². The normalized spacial score (nSPS) is 55.8. The monoisotopic (exact) mass is 402 g/mol. The Morgan fingerprint density at radius 3 is 1.97 bits per heavy atom. The molecule has 0 nitrogen and oxygen atoms in total. The highest BCUT2D eigenvalue weighted by Gasteiger charge is 2.63. The van der Waals surface area contributed by atoms with Gasteiger partial charge in [-0.15, -0.1) is 0 Å².